The van der Waals surface area contributed by atoms with Gasteiger partial charge in [0.25, 0.3) is 0 Å². The van der Waals surface area contributed by atoms with Crippen LogP contribution in [0.3, 0.4) is 0 Å². The predicted molar refractivity (Wildman–Crippen MR) is 164 cm³/mol. The van der Waals surface area contributed by atoms with E-state index in [-0.39, 0.29) is 12.2 Å². The average Bonchev–Trinajstić information content (AvgIpc) is 2.97. The monoisotopic (exact) mass is 584 g/mol. The molecule has 43 heavy (non-hydrogen) atoms. The first-order valence-corrected chi connectivity index (χ1v) is 14.3. The van der Waals surface area contributed by atoms with Crippen LogP contribution in [0.2, 0.25) is 0 Å². The number of rotatable bonds is 11. The molecule has 5 rings (SSSR count). The van der Waals surface area contributed by atoms with Crippen LogP contribution in [0.1, 0.15) is 43.0 Å². The highest BCUT2D eigenvalue weighted by molar-refractivity contribution is 5.85. The maximum absolute atomic E-state index is 15.4. The third-order valence-electron chi connectivity index (χ3n) is 6.98. The molecule has 0 spiro atoms. The smallest absolute Gasteiger partial charge is 0.412 e. The minimum atomic E-state index is -0.713. The molecule has 0 aromatic heterocycles. The summed E-state index contributed by atoms with van der Waals surface area (Å²) in [5.74, 6) is 0.811. The van der Waals surface area contributed by atoms with E-state index in [1.165, 1.54) is 6.07 Å². The molecule has 1 heterocycles. The molecule has 0 unspecified atom stereocenters. The summed E-state index contributed by atoms with van der Waals surface area (Å²) in [7, 11) is 0. The van der Waals surface area contributed by atoms with E-state index in [0.29, 0.717) is 43.5 Å². The molecule has 0 bridgehead atoms. The highest BCUT2D eigenvalue weighted by Crippen LogP contribution is 2.39. The fourth-order valence-electron chi connectivity index (χ4n) is 4.73. The summed E-state index contributed by atoms with van der Waals surface area (Å²) in [6.07, 6.45) is -0.713. The lowest BCUT2D eigenvalue weighted by Gasteiger charge is -2.43. The van der Waals surface area contributed by atoms with Gasteiger partial charge in [0.2, 0.25) is 0 Å². The fraction of sp³-hybridized carbons (Fsp3) is 0.286. The lowest BCUT2D eigenvalue weighted by Crippen LogP contribution is -2.57. The Bertz CT molecular complexity index is 1520. The maximum Gasteiger partial charge on any atom is 0.412 e. The van der Waals surface area contributed by atoms with Crippen molar-refractivity contribution in [3.63, 3.8) is 0 Å². The third kappa shape index (κ3) is 7.91. The van der Waals surface area contributed by atoms with E-state index >= 15 is 4.39 Å². The molecule has 1 saturated heterocycles. The number of benzene rings is 4. The van der Waals surface area contributed by atoms with Gasteiger partial charge in [0.15, 0.2) is 5.82 Å². The molecule has 2 N–H and O–H groups in total. The Morgan fingerprint density at radius 2 is 1.51 bits per heavy atom. The lowest BCUT2D eigenvalue weighted by molar-refractivity contribution is -0.0808. The molecule has 8 heteroatoms. The molecule has 224 valence electrons. The maximum atomic E-state index is 15.4. The SMILES string of the molecule is CC(C)(C)OC(=O)Nc1cccc(CNC2(c3ccc(OCc4ccccc4)cc3OCc3ccccc3)COC2)c1F. The molecular formula is C35H37FN2O5. The van der Waals surface area contributed by atoms with Gasteiger partial charge in [-0.05, 0) is 50.1 Å². The minimum Gasteiger partial charge on any atom is -0.489 e. The summed E-state index contributed by atoms with van der Waals surface area (Å²) in [4.78, 5) is 12.2. The number of nitrogens with one attached hydrogen (secondary N) is 2. The highest BCUT2D eigenvalue weighted by atomic mass is 19.1. The summed E-state index contributed by atoms with van der Waals surface area (Å²) >= 11 is 0. The Hall–Kier alpha value is -4.40. The predicted octanol–water partition coefficient (Wildman–Crippen LogP) is 7.35. The molecule has 4 aromatic rings. The molecule has 0 radical (unpaired) electrons. The quantitative estimate of drug-likeness (QED) is 0.192. The minimum absolute atomic E-state index is 0.0549. The van der Waals surface area contributed by atoms with Crippen LogP contribution >= 0.6 is 0 Å². The number of amides is 1. The summed E-state index contributed by atoms with van der Waals surface area (Å²) < 4.78 is 38.9. The normalized spacial score (nSPS) is 14.0. The van der Waals surface area contributed by atoms with Crippen LogP contribution in [0.25, 0.3) is 0 Å². The van der Waals surface area contributed by atoms with Crippen LogP contribution in [0, 0.1) is 5.82 Å². The van der Waals surface area contributed by atoms with E-state index in [9.17, 15) is 4.79 Å². The zero-order valence-corrected chi connectivity index (χ0v) is 24.7. The Labute approximate surface area is 251 Å². The number of carbonyl (C=O) groups excluding carboxylic acids is 1. The van der Waals surface area contributed by atoms with Gasteiger partial charge < -0.3 is 18.9 Å². The molecule has 4 aromatic carbocycles. The van der Waals surface area contributed by atoms with E-state index in [1.807, 2.05) is 78.9 Å². The number of halogens is 1. The Morgan fingerprint density at radius 3 is 2.12 bits per heavy atom. The number of carbonyl (C=O) groups is 1. The standard InChI is InChI=1S/C35H37FN2O5/c1-34(2,3)43-33(39)38-30-16-10-15-27(32(30)36)20-37-35(23-40-24-35)29-18-17-28(41-21-25-11-6-4-7-12-25)19-31(29)42-22-26-13-8-5-9-14-26/h4-19,37H,20-24H2,1-3H3,(H,38,39). The number of hydrogen-bond acceptors (Lipinski definition) is 6. The van der Waals surface area contributed by atoms with E-state index in [4.69, 9.17) is 18.9 Å². The largest absolute Gasteiger partial charge is 0.489 e. The molecule has 1 aliphatic rings. The van der Waals surface area contributed by atoms with Crippen LogP contribution in [0.4, 0.5) is 14.9 Å². The second-order valence-corrected chi connectivity index (χ2v) is 11.5. The first-order valence-electron chi connectivity index (χ1n) is 14.3. The number of ether oxygens (including phenoxy) is 4. The molecule has 1 amide bonds. The first kappa shape index (κ1) is 30.1. The molecule has 7 nitrogen and oxygen atoms in total. The lowest BCUT2D eigenvalue weighted by atomic mass is 9.86. The van der Waals surface area contributed by atoms with Crippen LogP contribution < -0.4 is 20.1 Å². The van der Waals surface area contributed by atoms with E-state index < -0.39 is 23.1 Å². The van der Waals surface area contributed by atoms with Gasteiger partial charge in [0.1, 0.15) is 30.3 Å². The van der Waals surface area contributed by atoms with Crippen LogP contribution in [-0.2, 0) is 34.8 Å². The van der Waals surface area contributed by atoms with Gasteiger partial charge in [-0.2, -0.15) is 0 Å². The van der Waals surface area contributed by atoms with Gasteiger partial charge in [-0.1, -0.05) is 72.8 Å². The van der Waals surface area contributed by atoms with Gasteiger partial charge >= 0.3 is 6.09 Å². The van der Waals surface area contributed by atoms with Crippen molar-refractivity contribution in [2.24, 2.45) is 0 Å². The van der Waals surface area contributed by atoms with Crippen molar-refractivity contribution < 1.29 is 28.1 Å². The fourth-order valence-corrected chi connectivity index (χ4v) is 4.73. The number of anilines is 1. The van der Waals surface area contributed by atoms with Crippen LogP contribution in [-0.4, -0.2) is 24.9 Å². The summed E-state index contributed by atoms with van der Waals surface area (Å²) in [5.41, 5.74) is 2.14. The molecular weight excluding hydrogens is 547 g/mol. The van der Waals surface area contributed by atoms with Gasteiger partial charge in [0, 0.05) is 23.7 Å². The van der Waals surface area contributed by atoms with Crippen LogP contribution in [0.15, 0.2) is 97.1 Å². The zero-order chi connectivity index (χ0) is 30.3. The van der Waals surface area contributed by atoms with Crippen molar-refractivity contribution in [3.8, 4) is 11.5 Å². The Balaban J connectivity index is 1.35. The van der Waals surface area contributed by atoms with E-state index in [1.54, 1.807) is 32.9 Å². The summed E-state index contributed by atoms with van der Waals surface area (Å²) in [6, 6.07) is 30.6. The highest BCUT2D eigenvalue weighted by Gasteiger charge is 2.42. The third-order valence-corrected chi connectivity index (χ3v) is 6.98. The van der Waals surface area contributed by atoms with Crippen molar-refractivity contribution in [3.05, 3.63) is 125 Å². The first-order chi connectivity index (χ1) is 20.7. The van der Waals surface area contributed by atoms with Crippen molar-refractivity contribution in [1.29, 1.82) is 0 Å². The molecule has 0 aliphatic carbocycles. The molecule has 0 atom stereocenters. The van der Waals surface area contributed by atoms with Crippen LogP contribution in [0.5, 0.6) is 11.5 Å². The zero-order valence-electron chi connectivity index (χ0n) is 24.7. The van der Waals surface area contributed by atoms with Gasteiger partial charge in [-0.25, -0.2) is 9.18 Å². The molecule has 0 saturated carbocycles. The van der Waals surface area contributed by atoms with E-state index in [2.05, 4.69) is 10.6 Å². The van der Waals surface area contributed by atoms with Crippen molar-refractivity contribution >= 4 is 11.8 Å². The topological polar surface area (TPSA) is 78.1 Å². The second-order valence-electron chi connectivity index (χ2n) is 11.5. The van der Waals surface area contributed by atoms with Crippen molar-refractivity contribution in [2.75, 3.05) is 18.5 Å². The number of hydrogen-bond donors (Lipinski definition) is 2. The van der Waals surface area contributed by atoms with Crippen molar-refractivity contribution in [2.45, 2.75) is 51.7 Å². The summed E-state index contributed by atoms with van der Waals surface area (Å²) in [6.45, 7) is 7.03. The Kier molecular flexibility index (Phi) is 9.28. The van der Waals surface area contributed by atoms with E-state index in [0.717, 1.165) is 16.7 Å². The van der Waals surface area contributed by atoms with Gasteiger partial charge in [-0.15, -0.1) is 0 Å². The molecule has 1 fully saturated rings. The van der Waals surface area contributed by atoms with Gasteiger partial charge in [0.05, 0.1) is 24.4 Å². The summed E-state index contributed by atoms with van der Waals surface area (Å²) in [5, 5.41) is 6.02. The average molecular weight is 585 g/mol. The molecule has 1 aliphatic heterocycles. The van der Waals surface area contributed by atoms with Crippen molar-refractivity contribution in [1.82, 2.24) is 5.32 Å². The van der Waals surface area contributed by atoms with Gasteiger partial charge in [-0.3, -0.25) is 10.6 Å². The Morgan fingerprint density at radius 1 is 0.860 bits per heavy atom. The second kappa shape index (κ2) is 13.3.